The summed E-state index contributed by atoms with van der Waals surface area (Å²) in [5.74, 6) is 0.711. The molecule has 1 heterocycles. The standard InChI is InChI=1S/C23H31N5O5/c1-15(29)24-18-9-8-17(14-19(18)32-3)25-20(31)10-11-21-26-22(28-33-21)23(27-16(2)30)12-6-4-5-7-13-23/h8-9,14H,4-7,10-13H2,1-3H3,(H,24,29)(H,25,31)(H,27,30). The highest BCUT2D eigenvalue weighted by atomic mass is 16.5. The van der Waals surface area contributed by atoms with E-state index in [4.69, 9.17) is 9.26 Å². The van der Waals surface area contributed by atoms with Crippen molar-refractivity contribution < 1.29 is 23.6 Å². The van der Waals surface area contributed by atoms with Crippen LogP contribution in [0.25, 0.3) is 0 Å². The van der Waals surface area contributed by atoms with Crippen molar-refractivity contribution in [3.05, 3.63) is 29.9 Å². The average molecular weight is 458 g/mol. The minimum Gasteiger partial charge on any atom is -0.494 e. The third kappa shape index (κ3) is 6.53. The summed E-state index contributed by atoms with van der Waals surface area (Å²) in [6.07, 6.45) is 6.14. The van der Waals surface area contributed by atoms with Gasteiger partial charge >= 0.3 is 0 Å². The number of nitrogens with one attached hydrogen (secondary N) is 3. The highest BCUT2D eigenvalue weighted by molar-refractivity contribution is 5.93. The van der Waals surface area contributed by atoms with E-state index in [1.54, 1.807) is 18.2 Å². The number of methoxy groups -OCH3 is 1. The molecule has 1 aromatic carbocycles. The predicted octanol–water partition coefficient (Wildman–Crippen LogP) is 3.29. The molecule has 0 aliphatic heterocycles. The third-order valence-electron chi connectivity index (χ3n) is 5.63. The van der Waals surface area contributed by atoms with Gasteiger partial charge in [-0.3, -0.25) is 14.4 Å². The SMILES string of the molecule is COc1cc(NC(=O)CCc2nc(C3(NC(C)=O)CCCCCC3)no2)ccc1NC(C)=O. The molecule has 0 spiro atoms. The largest absolute Gasteiger partial charge is 0.494 e. The average Bonchev–Trinajstić information content (AvgIpc) is 3.13. The maximum Gasteiger partial charge on any atom is 0.227 e. The molecule has 3 rings (SSSR count). The van der Waals surface area contributed by atoms with Crippen LogP contribution in [0.1, 0.15) is 70.5 Å². The number of carbonyl (C=O) groups excluding carboxylic acids is 3. The van der Waals surface area contributed by atoms with E-state index in [2.05, 4.69) is 26.1 Å². The molecule has 0 unspecified atom stereocenters. The highest BCUT2D eigenvalue weighted by Gasteiger charge is 2.38. The molecular formula is C23H31N5O5. The van der Waals surface area contributed by atoms with Crippen molar-refractivity contribution in [3.63, 3.8) is 0 Å². The van der Waals surface area contributed by atoms with Crippen LogP contribution in [-0.2, 0) is 26.3 Å². The molecule has 0 saturated heterocycles. The summed E-state index contributed by atoms with van der Waals surface area (Å²) in [6, 6.07) is 4.98. The van der Waals surface area contributed by atoms with Gasteiger partial charge in [0.2, 0.25) is 23.6 Å². The van der Waals surface area contributed by atoms with Crippen LogP contribution < -0.4 is 20.7 Å². The molecule has 10 heteroatoms. The Balaban J connectivity index is 1.62. The van der Waals surface area contributed by atoms with E-state index in [9.17, 15) is 14.4 Å². The van der Waals surface area contributed by atoms with Gasteiger partial charge in [0.05, 0.1) is 12.8 Å². The molecule has 33 heavy (non-hydrogen) atoms. The van der Waals surface area contributed by atoms with E-state index in [-0.39, 0.29) is 30.6 Å². The molecule has 0 bridgehead atoms. The van der Waals surface area contributed by atoms with Crippen molar-refractivity contribution in [2.45, 2.75) is 70.8 Å². The van der Waals surface area contributed by atoms with Crippen LogP contribution in [0.5, 0.6) is 5.75 Å². The summed E-state index contributed by atoms with van der Waals surface area (Å²) in [5.41, 5.74) is 0.451. The first-order valence-corrected chi connectivity index (χ1v) is 11.2. The molecule has 1 aromatic heterocycles. The first kappa shape index (κ1) is 24.2. The molecule has 1 aliphatic carbocycles. The first-order valence-electron chi connectivity index (χ1n) is 11.2. The van der Waals surface area contributed by atoms with Crippen LogP contribution in [0.2, 0.25) is 0 Å². The minimum atomic E-state index is -0.613. The number of hydrogen-bond acceptors (Lipinski definition) is 7. The minimum absolute atomic E-state index is 0.123. The van der Waals surface area contributed by atoms with Crippen molar-refractivity contribution in [1.29, 1.82) is 0 Å². The zero-order valence-corrected chi connectivity index (χ0v) is 19.3. The van der Waals surface area contributed by atoms with E-state index in [0.29, 0.717) is 28.8 Å². The van der Waals surface area contributed by atoms with Gasteiger partial charge in [-0.05, 0) is 25.0 Å². The maximum atomic E-state index is 12.4. The van der Waals surface area contributed by atoms with E-state index in [0.717, 1.165) is 38.5 Å². The van der Waals surface area contributed by atoms with Gasteiger partial charge in [0.1, 0.15) is 11.3 Å². The molecule has 3 amide bonds. The summed E-state index contributed by atoms with van der Waals surface area (Å²) in [6.45, 7) is 2.90. The molecule has 1 aliphatic rings. The van der Waals surface area contributed by atoms with Crippen LogP contribution in [-0.4, -0.2) is 35.0 Å². The van der Waals surface area contributed by atoms with E-state index < -0.39 is 5.54 Å². The van der Waals surface area contributed by atoms with Gasteiger partial charge in [0.25, 0.3) is 0 Å². The predicted molar refractivity (Wildman–Crippen MR) is 122 cm³/mol. The van der Waals surface area contributed by atoms with Gasteiger partial charge in [-0.15, -0.1) is 0 Å². The fourth-order valence-corrected chi connectivity index (χ4v) is 4.13. The Kier molecular flexibility index (Phi) is 8.02. The van der Waals surface area contributed by atoms with E-state index >= 15 is 0 Å². The normalized spacial score (nSPS) is 15.2. The van der Waals surface area contributed by atoms with Crippen LogP contribution in [0.15, 0.2) is 22.7 Å². The second-order valence-corrected chi connectivity index (χ2v) is 8.33. The summed E-state index contributed by atoms with van der Waals surface area (Å²) >= 11 is 0. The zero-order valence-electron chi connectivity index (χ0n) is 19.3. The Morgan fingerprint density at radius 1 is 1.06 bits per heavy atom. The second-order valence-electron chi connectivity index (χ2n) is 8.33. The van der Waals surface area contributed by atoms with Gasteiger partial charge in [-0.25, -0.2) is 0 Å². The van der Waals surface area contributed by atoms with Gasteiger partial charge in [0, 0.05) is 38.4 Å². The Morgan fingerprint density at radius 2 is 1.79 bits per heavy atom. The zero-order chi connectivity index (χ0) is 23.8. The topological polar surface area (TPSA) is 135 Å². The number of hydrogen-bond donors (Lipinski definition) is 3. The van der Waals surface area contributed by atoms with Crippen molar-refractivity contribution in [2.75, 3.05) is 17.7 Å². The molecule has 2 aromatic rings. The second kappa shape index (κ2) is 10.9. The molecule has 0 atom stereocenters. The summed E-state index contributed by atoms with van der Waals surface area (Å²) < 4.78 is 10.7. The number of carbonyl (C=O) groups is 3. The van der Waals surface area contributed by atoms with Crippen molar-refractivity contribution in [3.8, 4) is 5.75 Å². The van der Waals surface area contributed by atoms with Gasteiger partial charge in [0.15, 0.2) is 5.82 Å². The van der Waals surface area contributed by atoms with E-state index in [1.807, 2.05) is 0 Å². The number of rotatable bonds is 8. The summed E-state index contributed by atoms with van der Waals surface area (Å²) in [7, 11) is 1.49. The summed E-state index contributed by atoms with van der Waals surface area (Å²) in [5, 5.41) is 12.7. The van der Waals surface area contributed by atoms with Crippen LogP contribution in [0.4, 0.5) is 11.4 Å². The highest BCUT2D eigenvalue weighted by Crippen LogP contribution is 2.34. The monoisotopic (exact) mass is 457 g/mol. The molecule has 1 saturated carbocycles. The molecule has 1 fully saturated rings. The lowest BCUT2D eigenvalue weighted by molar-refractivity contribution is -0.121. The quantitative estimate of drug-likeness (QED) is 0.518. The lowest BCUT2D eigenvalue weighted by Crippen LogP contribution is -2.45. The van der Waals surface area contributed by atoms with Gasteiger partial charge in [-0.2, -0.15) is 4.98 Å². The van der Waals surface area contributed by atoms with E-state index in [1.165, 1.54) is 21.0 Å². The molecular weight excluding hydrogens is 426 g/mol. The number of aromatic nitrogens is 2. The number of nitrogens with zero attached hydrogens (tertiary/aromatic N) is 2. The molecule has 3 N–H and O–H groups in total. The molecule has 10 nitrogen and oxygen atoms in total. The number of aryl methyl sites for hydroxylation is 1. The van der Waals surface area contributed by atoms with Gasteiger partial charge in [-0.1, -0.05) is 30.8 Å². The van der Waals surface area contributed by atoms with Crippen molar-refractivity contribution in [2.24, 2.45) is 0 Å². The lowest BCUT2D eigenvalue weighted by Gasteiger charge is -2.30. The smallest absolute Gasteiger partial charge is 0.227 e. The number of amides is 3. The number of ether oxygens (including phenoxy) is 1. The van der Waals surface area contributed by atoms with Crippen molar-refractivity contribution >= 4 is 29.1 Å². The van der Waals surface area contributed by atoms with Gasteiger partial charge < -0.3 is 25.2 Å². The first-order chi connectivity index (χ1) is 15.8. The Hall–Kier alpha value is -3.43. The fraction of sp³-hybridized carbons (Fsp3) is 0.522. The van der Waals surface area contributed by atoms with Crippen LogP contribution in [0, 0.1) is 0 Å². The third-order valence-corrected chi connectivity index (χ3v) is 5.63. The Morgan fingerprint density at radius 3 is 2.42 bits per heavy atom. The molecule has 0 radical (unpaired) electrons. The van der Waals surface area contributed by atoms with Crippen LogP contribution >= 0.6 is 0 Å². The fourth-order valence-electron chi connectivity index (χ4n) is 4.13. The Labute approximate surface area is 192 Å². The maximum absolute atomic E-state index is 12.4. The number of anilines is 2. The number of benzene rings is 1. The Bertz CT molecular complexity index is 995. The van der Waals surface area contributed by atoms with Crippen LogP contribution in [0.3, 0.4) is 0 Å². The van der Waals surface area contributed by atoms with Crippen molar-refractivity contribution in [1.82, 2.24) is 15.5 Å². The lowest BCUT2D eigenvalue weighted by atomic mass is 9.89. The molecule has 178 valence electrons. The summed E-state index contributed by atoms with van der Waals surface area (Å²) in [4.78, 5) is 40.1.